The zero-order valence-electron chi connectivity index (χ0n) is 21.0. The smallest absolute Gasteiger partial charge is 0.313 e. The van der Waals surface area contributed by atoms with Gasteiger partial charge < -0.3 is 24.4 Å². The molecule has 3 unspecified atom stereocenters. The SMILES string of the molecule is C=CCOC(=O)[C@H]1[C@H]2C(=O)N([C@@H](CC)CO)C(C(=O)N(CC=C)CCCC)C23CC(C)[C@]1(C)O3. The lowest BCUT2D eigenvalue weighted by Gasteiger charge is -2.39. The van der Waals surface area contributed by atoms with Gasteiger partial charge in [0.15, 0.2) is 0 Å². The van der Waals surface area contributed by atoms with Crippen LogP contribution in [0.15, 0.2) is 25.3 Å². The normalized spacial score (nSPS) is 34.6. The third kappa shape index (κ3) is 3.88. The van der Waals surface area contributed by atoms with Crippen LogP contribution in [-0.2, 0) is 23.9 Å². The molecule has 2 amide bonds. The molecule has 7 atom stereocenters. The number of hydrogen-bond acceptors (Lipinski definition) is 6. The molecule has 190 valence electrons. The van der Waals surface area contributed by atoms with E-state index >= 15 is 0 Å². The Balaban J connectivity index is 2.12. The molecule has 0 radical (unpaired) electrons. The zero-order valence-corrected chi connectivity index (χ0v) is 21.0. The summed E-state index contributed by atoms with van der Waals surface area (Å²) in [5.41, 5.74) is -2.06. The molecule has 8 nitrogen and oxygen atoms in total. The number of nitrogens with zero attached hydrogens (tertiary/aromatic N) is 2. The Labute approximate surface area is 202 Å². The Morgan fingerprint density at radius 3 is 2.62 bits per heavy atom. The summed E-state index contributed by atoms with van der Waals surface area (Å²) in [6, 6.07) is -1.46. The first-order valence-electron chi connectivity index (χ1n) is 12.5. The molecule has 8 heteroatoms. The number of hydrogen-bond donors (Lipinski definition) is 1. The molecule has 3 heterocycles. The van der Waals surface area contributed by atoms with Crippen LogP contribution in [0.25, 0.3) is 0 Å². The van der Waals surface area contributed by atoms with E-state index in [-0.39, 0.29) is 30.9 Å². The number of rotatable bonds is 12. The van der Waals surface area contributed by atoms with E-state index in [1.165, 1.54) is 11.0 Å². The van der Waals surface area contributed by atoms with E-state index in [9.17, 15) is 19.5 Å². The highest BCUT2D eigenvalue weighted by molar-refractivity contribution is 5.98. The number of carbonyl (C=O) groups excluding carboxylic acids is 3. The van der Waals surface area contributed by atoms with Crippen molar-refractivity contribution in [2.24, 2.45) is 17.8 Å². The molecular formula is C26H40N2O6. The van der Waals surface area contributed by atoms with E-state index in [2.05, 4.69) is 20.1 Å². The molecule has 1 spiro atoms. The minimum Gasteiger partial charge on any atom is -0.461 e. The van der Waals surface area contributed by atoms with Crippen molar-refractivity contribution < 1.29 is 29.0 Å². The van der Waals surface area contributed by atoms with E-state index < -0.39 is 41.1 Å². The summed E-state index contributed by atoms with van der Waals surface area (Å²) in [5.74, 6) is -2.77. The van der Waals surface area contributed by atoms with Gasteiger partial charge in [0.25, 0.3) is 0 Å². The summed E-state index contributed by atoms with van der Waals surface area (Å²) in [6.07, 6.45) is 5.86. The van der Waals surface area contributed by atoms with Crippen LogP contribution in [0.3, 0.4) is 0 Å². The summed E-state index contributed by atoms with van der Waals surface area (Å²) in [6.45, 7) is 15.8. The number of unbranched alkanes of at least 4 members (excludes halogenated alkanes) is 1. The van der Waals surface area contributed by atoms with Crippen LogP contribution in [-0.4, -0.2) is 82.3 Å². The summed E-state index contributed by atoms with van der Waals surface area (Å²) >= 11 is 0. The Kier molecular flexibility index (Phi) is 7.92. The monoisotopic (exact) mass is 476 g/mol. The second-order valence-corrected chi connectivity index (χ2v) is 10.0. The first kappa shape index (κ1) is 26.4. The predicted molar refractivity (Wildman–Crippen MR) is 128 cm³/mol. The molecule has 1 N–H and O–H groups in total. The maximum Gasteiger partial charge on any atom is 0.313 e. The molecule has 0 aromatic rings. The maximum atomic E-state index is 14.1. The fourth-order valence-corrected chi connectivity index (χ4v) is 6.32. The van der Waals surface area contributed by atoms with Crippen molar-refractivity contribution in [2.75, 3.05) is 26.3 Å². The van der Waals surface area contributed by atoms with Crippen molar-refractivity contribution >= 4 is 17.8 Å². The predicted octanol–water partition coefficient (Wildman–Crippen LogP) is 2.31. The van der Waals surface area contributed by atoms with E-state index in [1.54, 1.807) is 11.0 Å². The lowest BCUT2D eigenvalue weighted by atomic mass is 9.62. The molecule has 2 bridgehead atoms. The van der Waals surface area contributed by atoms with Gasteiger partial charge >= 0.3 is 5.97 Å². The fraction of sp³-hybridized carbons (Fsp3) is 0.731. The molecule has 0 aromatic heterocycles. The van der Waals surface area contributed by atoms with Crippen LogP contribution >= 0.6 is 0 Å². The Morgan fingerprint density at radius 2 is 2.06 bits per heavy atom. The number of aliphatic hydroxyl groups is 1. The number of likely N-dealkylation sites (tertiary alicyclic amines) is 1. The highest BCUT2D eigenvalue weighted by Gasteiger charge is 2.80. The van der Waals surface area contributed by atoms with Gasteiger partial charge in [-0.3, -0.25) is 14.4 Å². The van der Waals surface area contributed by atoms with Gasteiger partial charge in [-0.15, -0.1) is 6.58 Å². The van der Waals surface area contributed by atoms with Gasteiger partial charge in [0.1, 0.15) is 24.2 Å². The van der Waals surface area contributed by atoms with Crippen LogP contribution in [0.1, 0.15) is 53.4 Å². The number of carbonyl (C=O) groups is 3. The summed E-state index contributed by atoms with van der Waals surface area (Å²) < 4.78 is 12.1. The van der Waals surface area contributed by atoms with Crippen molar-refractivity contribution in [3.8, 4) is 0 Å². The zero-order chi connectivity index (χ0) is 25.3. The molecule has 3 fully saturated rings. The second kappa shape index (κ2) is 10.2. The number of aliphatic hydroxyl groups excluding tert-OH is 1. The maximum absolute atomic E-state index is 14.1. The Morgan fingerprint density at radius 1 is 1.35 bits per heavy atom. The molecule has 0 aromatic carbocycles. The molecule has 34 heavy (non-hydrogen) atoms. The Hall–Kier alpha value is -2.19. The summed E-state index contributed by atoms with van der Waals surface area (Å²) in [7, 11) is 0. The van der Waals surface area contributed by atoms with E-state index in [1.807, 2.05) is 20.8 Å². The fourth-order valence-electron chi connectivity index (χ4n) is 6.32. The van der Waals surface area contributed by atoms with Crippen LogP contribution in [0, 0.1) is 17.8 Å². The number of esters is 1. The van der Waals surface area contributed by atoms with E-state index in [4.69, 9.17) is 9.47 Å². The average Bonchev–Trinajstić information content (AvgIpc) is 3.32. The van der Waals surface area contributed by atoms with Crippen LogP contribution < -0.4 is 0 Å². The molecule has 0 saturated carbocycles. The summed E-state index contributed by atoms with van der Waals surface area (Å²) in [5, 5.41) is 10.1. The molecule has 0 aliphatic carbocycles. The van der Waals surface area contributed by atoms with Crippen LogP contribution in [0.2, 0.25) is 0 Å². The average molecular weight is 477 g/mol. The standard InChI is InChI=1S/C26H40N2O6/c1-7-11-13-27(12-8-2)23(31)21-26-15-17(5)25(6,34-26)20(24(32)33-14-9-3)19(26)22(30)28(21)18(10-4)16-29/h8-9,17-21,29H,2-3,7,10-16H2,1,4-6H3/t17?,18-,19-,20+,21?,25-,26?/m0/s1. The highest BCUT2D eigenvalue weighted by Crippen LogP contribution is 2.65. The van der Waals surface area contributed by atoms with Crippen molar-refractivity contribution in [2.45, 2.75) is 76.7 Å². The molecule has 3 saturated heterocycles. The van der Waals surface area contributed by atoms with Gasteiger partial charge in [0, 0.05) is 13.1 Å². The van der Waals surface area contributed by atoms with Gasteiger partial charge in [-0.1, -0.05) is 45.9 Å². The van der Waals surface area contributed by atoms with Gasteiger partial charge in [-0.2, -0.15) is 0 Å². The van der Waals surface area contributed by atoms with Crippen molar-refractivity contribution in [3.05, 3.63) is 25.3 Å². The van der Waals surface area contributed by atoms with Gasteiger partial charge in [-0.25, -0.2) is 0 Å². The highest BCUT2D eigenvalue weighted by atomic mass is 16.6. The van der Waals surface area contributed by atoms with Crippen molar-refractivity contribution in [3.63, 3.8) is 0 Å². The number of amides is 2. The minimum absolute atomic E-state index is 0.0398. The lowest BCUT2D eigenvalue weighted by Crippen LogP contribution is -2.59. The van der Waals surface area contributed by atoms with E-state index in [0.717, 1.165) is 12.8 Å². The quantitative estimate of drug-likeness (QED) is 0.343. The van der Waals surface area contributed by atoms with Crippen molar-refractivity contribution in [1.82, 2.24) is 9.80 Å². The van der Waals surface area contributed by atoms with Gasteiger partial charge in [-0.05, 0) is 32.1 Å². The van der Waals surface area contributed by atoms with Gasteiger partial charge in [0.05, 0.1) is 24.2 Å². The van der Waals surface area contributed by atoms with Gasteiger partial charge in [0.2, 0.25) is 11.8 Å². The van der Waals surface area contributed by atoms with Crippen molar-refractivity contribution in [1.29, 1.82) is 0 Å². The first-order valence-corrected chi connectivity index (χ1v) is 12.5. The molecule has 3 rings (SSSR count). The molecule has 3 aliphatic heterocycles. The largest absolute Gasteiger partial charge is 0.461 e. The van der Waals surface area contributed by atoms with Crippen LogP contribution in [0.4, 0.5) is 0 Å². The second-order valence-electron chi connectivity index (χ2n) is 10.0. The Bertz CT molecular complexity index is 826. The third-order valence-electron chi connectivity index (χ3n) is 8.10. The third-order valence-corrected chi connectivity index (χ3v) is 8.10. The van der Waals surface area contributed by atoms with Crippen LogP contribution in [0.5, 0.6) is 0 Å². The first-order chi connectivity index (χ1) is 16.2. The van der Waals surface area contributed by atoms with E-state index in [0.29, 0.717) is 25.9 Å². The summed E-state index contributed by atoms with van der Waals surface area (Å²) in [4.78, 5) is 44.6. The number of fused-ring (bicyclic) bond motifs is 1. The minimum atomic E-state index is -1.14. The molecular weight excluding hydrogens is 436 g/mol. The topological polar surface area (TPSA) is 96.4 Å². The molecule has 3 aliphatic rings. The number of ether oxygens (including phenoxy) is 2. The lowest BCUT2D eigenvalue weighted by molar-refractivity contribution is -0.163.